The molecule has 0 bridgehead atoms. The number of carbonyl (C=O) groups is 1. The van der Waals surface area contributed by atoms with E-state index in [0.717, 1.165) is 5.56 Å². The van der Waals surface area contributed by atoms with Crippen molar-refractivity contribution in [3.05, 3.63) is 64.8 Å². The van der Waals surface area contributed by atoms with Gasteiger partial charge in [0.05, 0.1) is 0 Å². The first-order valence-corrected chi connectivity index (χ1v) is 8.11. The second kappa shape index (κ2) is 6.97. The highest BCUT2D eigenvalue weighted by Crippen LogP contribution is 2.19. The Bertz CT molecular complexity index is 869. The van der Waals surface area contributed by atoms with Crippen LogP contribution in [0.3, 0.4) is 0 Å². The fourth-order valence-electron chi connectivity index (χ4n) is 2.58. The Balaban J connectivity index is 1.55. The van der Waals surface area contributed by atoms with Gasteiger partial charge in [-0.05, 0) is 55.0 Å². The summed E-state index contributed by atoms with van der Waals surface area (Å²) in [5.41, 5.74) is 3.46. The number of amides is 1. The fraction of sp³-hybridized carbons (Fsp3) is 0.211. The zero-order valence-electron chi connectivity index (χ0n) is 13.7. The van der Waals surface area contributed by atoms with Gasteiger partial charge in [0.2, 0.25) is 0 Å². The standard InChI is InChI=1S/C19H19ClN2O2/c1-13-9-15-10-14(3-8-18(15)22(13)2)11-21-19(23)12-24-17-6-4-16(20)5-7-17/h3-10H,11-12H2,1-2H3,(H,21,23). The molecule has 0 spiro atoms. The van der Waals surface area contributed by atoms with Crippen molar-refractivity contribution in [1.82, 2.24) is 9.88 Å². The number of carbonyl (C=O) groups excluding carboxylic acids is 1. The minimum absolute atomic E-state index is 0.0195. The van der Waals surface area contributed by atoms with E-state index in [2.05, 4.69) is 35.0 Å². The van der Waals surface area contributed by atoms with Crippen LogP contribution in [0.4, 0.5) is 0 Å². The van der Waals surface area contributed by atoms with Crippen LogP contribution in [0.25, 0.3) is 10.9 Å². The number of aryl methyl sites for hydroxylation is 2. The monoisotopic (exact) mass is 342 g/mol. The first kappa shape index (κ1) is 16.4. The van der Waals surface area contributed by atoms with Gasteiger partial charge in [0.25, 0.3) is 5.91 Å². The SMILES string of the molecule is Cc1cc2cc(CNC(=O)COc3ccc(Cl)cc3)ccc2n1C. The molecule has 124 valence electrons. The maximum Gasteiger partial charge on any atom is 0.258 e. The van der Waals surface area contributed by atoms with Gasteiger partial charge in [-0.1, -0.05) is 17.7 Å². The van der Waals surface area contributed by atoms with Gasteiger partial charge in [0.1, 0.15) is 5.75 Å². The quantitative estimate of drug-likeness (QED) is 0.765. The fourth-order valence-corrected chi connectivity index (χ4v) is 2.70. The molecule has 24 heavy (non-hydrogen) atoms. The number of hydrogen-bond acceptors (Lipinski definition) is 2. The first-order chi connectivity index (χ1) is 11.5. The van der Waals surface area contributed by atoms with Crippen molar-refractivity contribution in [1.29, 1.82) is 0 Å². The maximum atomic E-state index is 11.9. The molecule has 0 aliphatic heterocycles. The van der Waals surface area contributed by atoms with Crippen LogP contribution in [0.2, 0.25) is 5.02 Å². The molecule has 4 nitrogen and oxygen atoms in total. The van der Waals surface area contributed by atoms with Crippen LogP contribution in [-0.2, 0) is 18.4 Å². The summed E-state index contributed by atoms with van der Waals surface area (Å²) in [5.74, 6) is 0.463. The van der Waals surface area contributed by atoms with Crippen LogP contribution in [-0.4, -0.2) is 17.1 Å². The molecule has 0 saturated heterocycles. The van der Waals surface area contributed by atoms with E-state index < -0.39 is 0 Å². The molecular formula is C19H19ClN2O2. The number of aromatic nitrogens is 1. The molecule has 0 saturated carbocycles. The molecule has 1 heterocycles. The molecule has 0 aliphatic carbocycles. The smallest absolute Gasteiger partial charge is 0.258 e. The highest BCUT2D eigenvalue weighted by Gasteiger charge is 2.06. The Morgan fingerprint density at radius 2 is 1.92 bits per heavy atom. The number of halogens is 1. The Kier molecular flexibility index (Phi) is 4.76. The zero-order valence-corrected chi connectivity index (χ0v) is 14.4. The number of ether oxygens (including phenoxy) is 1. The lowest BCUT2D eigenvalue weighted by atomic mass is 10.1. The van der Waals surface area contributed by atoms with E-state index in [1.165, 1.54) is 16.6 Å². The van der Waals surface area contributed by atoms with Crippen LogP contribution in [0.1, 0.15) is 11.3 Å². The normalized spacial score (nSPS) is 10.8. The predicted octanol–water partition coefficient (Wildman–Crippen LogP) is 3.84. The van der Waals surface area contributed by atoms with Crippen LogP contribution >= 0.6 is 11.6 Å². The number of nitrogens with zero attached hydrogens (tertiary/aromatic N) is 1. The molecular weight excluding hydrogens is 324 g/mol. The molecule has 0 radical (unpaired) electrons. The molecule has 5 heteroatoms. The van der Waals surface area contributed by atoms with Crippen molar-refractivity contribution < 1.29 is 9.53 Å². The summed E-state index contributed by atoms with van der Waals surface area (Å²) >= 11 is 5.81. The van der Waals surface area contributed by atoms with Gasteiger partial charge >= 0.3 is 0 Å². The Morgan fingerprint density at radius 1 is 1.17 bits per heavy atom. The van der Waals surface area contributed by atoms with E-state index in [1.54, 1.807) is 24.3 Å². The molecule has 3 rings (SSSR count). The molecule has 0 aliphatic rings. The van der Waals surface area contributed by atoms with Crippen molar-refractivity contribution in [2.75, 3.05) is 6.61 Å². The Hall–Kier alpha value is -2.46. The summed E-state index contributed by atoms with van der Waals surface area (Å²) in [6, 6.07) is 15.3. The van der Waals surface area contributed by atoms with Crippen molar-refractivity contribution in [3.8, 4) is 5.75 Å². The van der Waals surface area contributed by atoms with E-state index in [4.69, 9.17) is 16.3 Å². The highest BCUT2D eigenvalue weighted by atomic mass is 35.5. The molecule has 2 aromatic carbocycles. The molecule has 0 atom stereocenters. The van der Waals surface area contributed by atoms with Crippen LogP contribution in [0.15, 0.2) is 48.5 Å². The number of benzene rings is 2. The predicted molar refractivity (Wildman–Crippen MR) is 96.4 cm³/mol. The van der Waals surface area contributed by atoms with E-state index in [0.29, 0.717) is 17.3 Å². The van der Waals surface area contributed by atoms with Gasteiger partial charge in [-0.3, -0.25) is 4.79 Å². The van der Waals surface area contributed by atoms with Crippen LogP contribution < -0.4 is 10.1 Å². The van der Waals surface area contributed by atoms with Crippen LogP contribution in [0.5, 0.6) is 5.75 Å². The third-order valence-electron chi connectivity index (χ3n) is 4.02. The largest absolute Gasteiger partial charge is 0.484 e. The average molecular weight is 343 g/mol. The summed E-state index contributed by atoms with van der Waals surface area (Å²) in [7, 11) is 2.05. The molecule has 1 N–H and O–H groups in total. The summed E-state index contributed by atoms with van der Waals surface area (Å²) in [6.07, 6.45) is 0. The first-order valence-electron chi connectivity index (χ1n) is 7.73. The van der Waals surface area contributed by atoms with E-state index >= 15 is 0 Å². The summed E-state index contributed by atoms with van der Waals surface area (Å²) in [5, 5.41) is 4.69. The van der Waals surface area contributed by atoms with Crippen molar-refractivity contribution >= 4 is 28.4 Å². The summed E-state index contributed by atoms with van der Waals surface area (Å²) in [4.78, 5) is 11.9. The number of rotatable bonds is 5. The second-order valence-corrected chi connectivity index (χ2v) is 6.19. The third kappa shape index (κ3) is 3.71. The van der Waals surface area contributed by atoms with Gasteiger partial charge in [-0.2, -0.15) is 0 Å². The van der Waals surface area contributed by atoms with Crippen LogP contribution in [0, 0.1) is 6.92 Å². The molecule has 0 unspecified atom stereocenters. The minimum atomic E-state index is -0.158. The number of nitrogens with one attached hydrogen (secondary N) is 1. The van der Waals surface area contributed by atoms with E-state index in [-0.39, 0.29) is 12.5 Å². The molecule has 0 fully saturated rings. The third-order valence-corrected chi connectivity index (χ3v) is 4.27. The van der Waals surface area contributed by atoms with Gasteiger partial charge in [-0.25, -0.2) is 0 Å². The van der Waals surface area contributed by atoms with Crippen molar-refractivity contribution in [2.45, 2.75) is 13.5 Å². The maximum absolute atomic E-state index is 11.9. The second-order valence-electron chi connectivity index (χ2n) is 5.76. The molecule has 3 aromatic rings. The van der Waals surface area contributed by atoms with Gasteiger partial charge < -0.3 is 14.6 Å². The highest BCUT2D eigenvalue weighted by molar-refractivity contribution is 6.30. The Labute approximate surface area is 146 Å². The molecule has 1 aromatic heterocycles. The van der Waals surface area contributed by atoms with Gasteiger partial charge in [-0.15, -0.1) is 0 Å². The van der Waals surface area contributed by atoms with Gasteiger partial charge in [0.15, 0.2) is 6.61 Å². The average Bonchev–Trinajstić information content (AvgIpc) is 2.86. The van der Waals surface area contributed by atoms with Crippen molar-refractivity contribution in [3.63, 3.8) is 0 Å². The van der Waals surface area contributed by atoms with E-state index in [9.17, 15) is 4.79 Å². The molecule has 1 amide bonds. The Morgan fingerprint density at radius 3 is 2.67 bits per heavy atom. The summed E-state index contributed by atoms with van der Waals surface area (Å²) < 4.78 is 7.58. The lowest BCUT2D eigenvalue weighted by Gasteiger charge is -2.08. The van der Waals surface area contributed by atoms with Crippen molar-refractivity contribution in [2.24, 2.45) is 7.05 Å². The topological polar surface area (TPSA) is 43.3 Å². The number of hydrogen-bond donors (Lipinski definition) is 1. The lowest BCUT2D eigenvalue weighted by molar-refractivity contribution is -0.123. The summed E-state index contributed by atoms with van der Waals surface area (Å²) in [6.45, 7) is 2.54. The zero-order chi connectivity index (χ0) is 17.1. The number of fused-ring (bicyclic) bond motifs is 1. The minimum Gasteiger partial charge on any atom is -0.484 e. The van der Waals surface area contributed by atoms with Gasteiger partial charge in [0, 0.05) is 35.2 Å². The lowest BCUT2D eigenvalue weighted by Crippen LogP contribution is -2.28. The van der Waals surface area contributed by atoms with E-state index in [1.807, 2.05) is 13.1 Å².